The van der Waals surface area contributed by atoms with Crippen LogP contribution in [0.5, 0.6) is 0 Å². The molecule has 2 N–H and O–H groups in total. The summed E-state index contributed by atoms with van der Waals surface area (Å²) in [6, 6.07) is 10.7. The van der Waals surface area contributed by atoms with E-state index in [0.717, 1.165) is 10.9 Å². The van der Waals surface area contributed by atoms with Crippen molar-refractivity contribution < 1.29 is 19.1 Å². The number of amides is 2. The number of benzene rings is 1. The molecule has 0 aliphatic rings. The molecule has 2 aromatic rings. The third kappa shape index (κ3) is 6.55. The van der Waals surface area contributed by atoms with Gasteiger partial charge >= 0.3 is 5.97 Å². The van der Waals surface area contributed by atoms with Crippen LogP contribution in [0.3, 0.4) is 0 Å². The van der Waals surface area contributed by atoms with Crippen molar-refractivity contribution in [3.05, 3.63) is 42.1 Å². The Hall–Kier alpha value is -2.96. The highest BCUT2D eigenvalue weighted by Crippen LogP contribution is 2.18. The summed E-state index contributed by atoms with van der Waals surface area (Å²) < 4.78 is 4.71. The molecule has 1 heterocycles. The first-order valence-corrected chi connectivity index (χ1v) is 9.77. The van der Waals surface area contributed by atoms with Gasteiger partial charge in [-0.2, -0.15) is 0 Å². The van der Waals surface area contributed by atoms with E-state index < -0.39 is 17.9 Å². The first-order chi connectivity index (χ1) is 13.8. The highest BCUT2D eigenvalue weighted by Gasteiger charge is 2.28. The zero-order chi connectivity index (χ0) is 21.4. The van der Waals surface area contributed by atoms with Gasteiger partial charge in [-0.1, -0.05) is 38.1 Å². The number of rotatable bonds is 9. The molecule has 2 amide bonds. The average Bonchev–Trinajstić information content (AvgIpc) is 2.71. The Labute approximate surface area is 171 Å². The van der Waals surface area contributed by atoms with Crippen LogP contribution in [0.1, 0.15) is 32.4 Å². The van der Waals surface area contributed by atoms with Gasteiger partial charge in [0.25, 0.3) is 0 Å². The highest BCUT2D eigenvalue weighted by atomic mass is 16.5. The van der Waals surface area contributed by atoms with Gasteiger partial charge in [-0.15, -0.1) is 0 Å². The van der Waals surface area contributed by atoms with Gasteiger partial charge in [-0.05, 0) is 24.5 Å². The number of fused-ring (bicyclic) bond motifs is 1. The molecular formula is C22H29N3O4. The van der Waals surface area contributed by atoms with Crippen LogP contribution in [0.25, 0.3) is 10.9 Å². The number of aromatic nitrogens is 1. The fraction of sp³-hybridized carbons (Fsp3) is 0.455. The van der Waals surface area contributed by atoms with E-state index in [-0.39, 0.29) is 30.6 Å². The molecule has 7 nitrogen and oxygen atoms in total. The van der Waals surface area contributed by atoms with Crippen molar-refractivity contribution in [2.24, 2.45) is 11.8 Å². The minimum absolute atomic E-state index is 0.0186. The number of hydrogen-bond acceptors (Lipinski definition) is 5. The zero-order valence-corrected chi connectivity index (χ0v) is 17.4. The van der Waals surface area contributed by atoms with Gasteiger partial charge in [-0.3, -0.25) is 19.4 Å². The lowest BCUT2D eigenvalue weighted by molar-refractivity contribution is -0.144. The van der Waals surface area contributed by atoms with E-state index >= 15 is 0 Å². The van der Waals surface area contributed by atoms with Gasteiger partial charge in [0, 0.05) is 30.5 Å². The maximum absolute atomic E-state index is 12.8. The number of esters is 1. The van der Waals surface area contributed by atoms with Gasteiger partial charge in [-0.25, -0.2) is 0 Å². The smallest absolute Gasteiger partial charge is 0.306 e. The van der Waals surface area contributed by atoms with Crippen molar-refractivity contribution in [1.29, 1.82) is 0 Å². The van der Waals surface area contributed by atoms with Crippen molar-refractivity contribution in [3.63, 3.8) is 0 Å². The quantitative estimate of drug-likeness (QED) is 0.630. The molecule has 2 rings (SSSR count). The molecular weight excluding hydrogens is 370 g/mol. The molecule has 7 heteroatoms. The van der Waals surface area contributed by atoms with E-state index in [1.54, 1.807) is 0 Å². The standard InChI is InChI=1S/C22H29N3O4/c1-14(2)11-16(12-20(26)29-4)21(27)25-19(22(28)23-3)13-17-10-9-15-7-5-6-8-18(15)24-17/h5-10,14,16,19H,11-13H2,1-4H3,(H,23,28)(H,25,27)/t16-,19+/m1/s1. The van der Waals surface area contributed by atoms with Crippen molar-refractivity contribution in [3.8, 4) is 0 Å². The molecule has 0 aliphatic heterocycles. The maximum Gasteiger partial charge on any atom is 0.306 e. The molecule has 1 aromatic heterocycles. The van der Waals surface area contributed by atoms with Gasteiger partial charge in [0.05, 0.1) is 19.0 Å². The lowest BCUT2D eigenvalue weighted by Crippen LogP contribution is -2.49. The van der Waals surface area contributed by atoms with Crippen LogP contribution in [-0.4, -0.2) is 43.0 Å². The fourth-order valence-electron chi connectivity index (χ4n) is 3.24. The Kier molecular flexibility index (Phi) is 8.12. The van der Waals surface area contributed by atoms with Crippen LogP contribution in [-0.2, 0) is 25.5 Å². The van der Waals surface area contributed by atoms with Gasteiger partial charge in [0.2, 0.25) is 11.8 Å². The average molecular weight is 399 g/mol. The minimum atomic E-state index is -0.784. The lowest BCUT2D eigenvalue weighted by Gasteiger charge is -2.22. The number of likely N-dealkylation sites (N-methyl/N-ethyl adjacent to an activating group) is 1. The van der Waals surface area contributed by atoms with Gasteiger partial charge in [0.15, 0.2) is 0 Å². The monoisotopic (exact) mass is 399 g/mol. The second kappa shape index (κ2) is 10.5. The first-order valence-electron chi connectivity index (χ1n) is 9.77. The van der Waals surface area contributed by atoms with Crippen LogP contribution >= 0.6 is 0 Å². The summed E-state index contributed by atoms with van der Waals surface area (Å²) in [6.45, 7) is 3.96. The Bertz CT molecular complexity index is 866. The van der Waals surface area contributed by atoms with Crippen molar-refractivity contribution in [2.75, 3.05) is 14.2 Å². The molecule has 1 aromatic carbocycles. The van der Waals surface area contributed by atoms with E-state index in [9.17, 15) is 14.4 Å². The molecule has 0 aliphatic carbocycles. The van der Waals surface area contributed by atoms with Gasteiger partial charge in [0.1, 0.15) is 6.04 Å². The number of ether oxygens (including phenoxy) is 1. The van der Waals surface area contributed by atoms with E-state index in [1.807, 2.05) is 50.2 Å². The van der Waals surface area contributed by atoms with E-state index in [4.69, 9.17) is 4.74 Å². The van der Waals surface area contributed by atoms with Crippen LogP contribution < -0.4 is 10.6 Å². The number of para-hydroxylation sites is 1. The predicted octanol–water partition coefficient (Wildman–Crippen LogP) is 2.23. The topological polar surface area (TPSA) is 97.4 Å². The first kappa shape index (κ1) is 22.3. The number of hydrogen-bond donors (Lipinski definition) is 2. The van der Waals surface area contributed by atoms with Crippen molar-refractivity contribution >= 4 is 28.7 Å². The van der Waals surface area contributed by atoms with Crippen LogP contribution in [0.2, 0.25) is 0 Å². The Morgan fingerprint density at radius 1 is 1.07 bits per heavy atom. The zero-order valence-electron chi connectivity index (χ0n) is 17.4. The second-order valence-electron chi connectivity index (χ2n) is 7.48. The molecule has 2 atom stereocenters. The summed E-state index contributed by atoms with van der Waals surface area (Å²) in [6.07, 6.45) is 0.758. The molecule has 0 saturated carbocycles. The van der Waals surface area contributed by atoms with Crippen LogP contribution in [0.4, 0.5) is 0 Å². The molecule has 0 radical (unpaired) electrons. The summed E-state index contributed by atoms with van der Waals surface area (Å²) in [5.41, 5.74) is 1.53. The summed E-state index contributed by atoms with van der Waals surface area (Å²) in [5.74, 6) is -1.43. The predicted molar refractivity (Wildman–Crippen MR) is 111 cm³/mol. The van der Waals surface area contributed by atoms with Gasteiger partial charge < -0.3 is 15.4 Å². The van der Waals surface area contributed by atoms with Crippen molar-refractivity contribution in [1.82, 2.24) is 15.6 Å². The van der Waals surface area contributed by atoms with Crippen molar-refractivity contribution in [2.45, 2.75) is 39.2 Å². The second-order valence-corrected chi connectivity index (χ2v) is 7.48. The number of nitrogens with one attached hydrogen (secondary N) is 2. The van der Waals surface area contributed by atoms with E-state index in [2.05, 4.69) is 15.6 Å². The number of carbonyl (C=O) groups excluding carboxylic acids is 3. The summed E-state index contributed by atoms with van der Waals surface area (Å²) in [7, 11) is 2.82. The number of pyridine rings is 1. The highest BCUT2D eigenvalue weighted by molar-refractivity contribution is 5.90. The molecule has 0 bridgehead atoms. The largest absolute Gasteiger partial charge is 0.469 e. The molecule has 0 saturated heterocycles. The third-order valence-electron chi connectivity index (χ3n) is 4.72. The number of nitrogens with zero attached hydrogens (tertiary/aromatic N) is 1. The molecule has 0 fully saturated rings. The van der Waals surface area contributed by atoms with E-state index in [0.29, 0.717) is 12.1 Å². The Morgan fingerprint density at radius 2 is 1.79 bits per heavy atom. The van der Waals surface area contributed by atoms with Crippen LogP contribution in [0.15, 0.2) is 36.4 Å². The molecule has 0 unspecified atom stereocenters. The Balaban J connectivity index is 2.18. The van der Waals surface area contributed by atoms with Crippen LogP contribution in [0, 0.1) is 11.8 Å². The molecule has 0 spiro atoms. The molecule has 29 heavy (non-hydrogen) atoms. The Morgan fingerprint density at radius 3 is 2.45 bits per heavy atom. The minimum Gasteiger partial charge on any atom is -0.469 e. The summed E-state index contributed by atoms with van der Waals surface area (Å²) in [4.78, 5) is 41.5. The third-order valence-corrected chi connectivity index (χ3v) is 4.72. The molecule has 156 valence electrons. The summed E-state index contributed by atoms with van der Waals surface area (Å²) >= 11 is 0. The summed E-state index contributed by atoms with van der Waals surface area (Å²) in [5, 5.41) is 6.39. The fourth-order valence-corrected chi connectivity index (χ4v) is 3.24. The van der Waals surface area contributed by atoms with E-state index in [1.165, 1.54) is 14.2 Å². The normalized spacial score (nSPS) is 13.0. The SMILES string of the molecule is CNC(=O)[C@H](Cc1ccc2ccccc2n1)NC(=O)[C@@H](CC(=O)OC)CC(C)C. The lowest BCUT2D eigenvalue weighted by atomic mass is 9.92. The number of methoxy groups -OCH3 is 1. The number of carbonyl (C=O) groups is 3. The maximum atomic E-state index is 12.8.